The molecule has 1 saturated heterocycles. The summed E-state index contributed by atoms with van der Waals surface area (Å²) in [5, 5.41) is 0. The Morgan fingerprint density at radius 3 is 2.55 bits per heavy atom. The lowest BCUT2D eigenvalue weighted by atomic mass is 9.88. The summed E-state index contributed by atoms with van der Waals surface area (Å²) in [6.07, 6.45) is 23.2. The Bertz CT molecular complexity index is 400. The Labute approximate surface area is 137 Å². The second-order valence-corrected chi connectivity index (χ2v) is 8.57. The summed E-state index contributed by atoms with van der Waals surface area (Å²) in [7, 11) is 0. The third kappa shape index (κ3) is 2.90. The molecule has 0 aromatic rings. The predicted octanol–water partition coefficient (Wildman–Crippen LogP) is 5.70. The fourth-order valence-electron chi connectivity index (χ4n) is 6.11. The van der Waals surface area contributed by atoms with E-state index in [1.54, 1.807) is 12.0 Å². The van der Waals surface area contributed by atoms with Gasteiger partial charge in [0.05, 0.1) is 0 Å². The first kappa shape index (κ1) is 15.2. The summed E-state index contributed by atoms with van der Waals surface area (Å²) in [6.45, 7) is 2.83. The number of piperidine rings is 1. The molecule has 0 aromatic heterocycles. The van der Waals surface area contributed by atoms with Gasteiger partial charge in [0.1, 0.15) is 0 Å². The van der Waals surface area contributed by atoms with Crippen molar-refractivity contribution in [3.63, 3.8) is 0 Å². The monoisotopic (exact) mass is 301 g/mol. The largest absolute Gasteiger partial charge is 0.297 e. The van der Waals surface area contributed by atoms with Gasteiger partial charge in [-0.1, -0.05) is 30.9 Å². The highest BCUT2D eigenvalue weighted by Gasteiger charge is 2.61. The van der Waals surface area contributed by atoms with Crippen molar-refractivity contribution in [2.24, 2.45) is 11.8 Å². The smallest absolute Gasteiger partial charge is 0.0269 e. The van der Waals surface area contributed by atoms with Gasteiger partial charge in [0.25, 0.3) is 0 Å². The van der Waals surface area contributed by atoms with Crippen LogP contribution in [-0.2, 0) is 0 Å². The van der Waals surface area contributed by atoms with Crippen molar-refractivity contribution in [1.29, 1.82) is 0 Å². The lowest BCUT2D eigenvalue weighted by molar-refractivity contribution is 0.0831. The van der Waals surface area contributed by atoms with Crippen LogP contribution in [0.15, 0.2) is 11.6 Å². The van der Waals surface area contributed by atoms with Crippen LogP contribution in [0.25, 0.3) is 0 Å². The van der Waals surface area contributed by atoms with Crippen molar-refractivity contribution in [2.75, 3.05) is 13.1 Å². The van der Waals surface area contributed by atoms with E-state index < -0.39 is 0 Å². The number of hydrogen-bond acceptors (Lipinski definition) is 1. The van der Waals surface area contributed by atoms with Crippen LogP contribution in [0.3, 0.4) is 0 Å². The Morgan fingerprint density at radius 2 is 1.82 bits per heavy atom. The Balaban J connectivity index is 1.35. The summed E-state index contributed by atoms with van der Waals surface area (Å²) in [5.74, 6) is 2.11. The van der Waals surface area contributed by atoms with Crippen LogP contribution in [0, 0.1) is 11.8 Å². The van der Waals surface area contributed by atoms with Gasteiger partial charge >= 0.3 is 0 Å². The number of likely N-dealkylation sites (tertiary alicyclic amines) is 1. The summed E-state index contributed by atoms with van der Waals surface area (Å²) in [4.78, 5) is 2.98. The van der Waals surface area contributed by atoms with E-state index in [4.69, 9.17) is 0 Å². The van der Waals surface area contributed by atoms with Crippen LogP contribution >= 0.6 is 0 Å². The van der Waals surface area contributed by atoms with Gasteiger partial charge in [-0.2, -0.15) is 0 Å². The average molecular weight is 302 g/mol. The van der Waals surface area contributed by atoms with Crippen molar-refractivity contribution < 1.29 is 0 Å². The van der Waals surface area contributed by atoms with E-state index in [1.165, 1.54) is 96.6 Å². The highest BCUT2D eigenvalue weighted by atomic mass is 15.2. The van der Waals surface area contributed by atoms with E-state index >= 15 is 0 Å². The molecule has 1 heteroatoms. The van der Waals surface area contributed by atoms with Gasteiger partial charge in [-0.3, -0.25) is 4.90 Å². The van der Waals surface area contributed by atoms with Crippen LogP contribution in [-0.4, -0.2) is 23.5 Å². The van der Waals surface area contributed by atoms with Crippen LogP contribution in [0.4, 0.5) is 0 Å². The van der Waals surface area contributed by atoms with Gasteiger partial charge in [-0.25, -0.2) is 0 Å². The molecule has 0 unspecified atom stereocenters. The van der Waals surface area contributed by atoms with E-state index in [1.807, 2.05) is 0 Å². The maximum atomic E-state index is 2.98. The van der Waals surface area contributed by atoms with E-state index in [2.05, 4.69) is 11.0 Å². The maximum Gasteiger partial charge on any atom is 0.0269 e. The SMILES string of the molecule is C1=C(CCC[C@H]2C[C@@]2(C2CCCC2)N2CCCCC2)CCC1. The molecule has 0 amide bonds. The Hall–Kier alpha value is -0.300. The molecule has 3 fully saturated rings. The summed E-state index contributed by atoms with van der Waals surface area (Å²) in [6, 6.07) is 0. The van der Waals surface area contributed by atoms with Crippen LogP contribution in [0.5, 0.6) is 0 Å². The van der Waals surface area contributed by atoms with Crippen LogP contribution < -0.4 is 0 Å². The molecular formula is C21H35N. The van der Waals surface area contributed by atoms with Gasteiger partial charge in [0, 0.05) is 5.54 Å². The summed E-state index contributed by atoms with van der Waals surface area (Å²) < 4.78 is 0. The molecule has 0 N–H and O–H groups in total. The first-order valence-electron chi connectivity index (χ1n) is 10.3. The molecule has 0 aromatic carbocycles. The molecule has 2 saturated carbocycles. The van der Waals surface area contributed by atoms with E-state index in [0.29, 0.717) is 5.54 Å². The lowest BCUT2D eigenvalue weighted by Gasteiger charge is -2.40. The standard InChI is InChI=1S/C21H35N/c1-6-15-22(16-7-1)21(19-12-4-5-13-19)17-20(21)14-8-11-18-9-2-3-10-18/h9,19-20H,1-8,10-17H2/t20-,21-/m0/s1. The van der Waals surface area contributed by atoms with Gasteiger partial charge in [0.15, 0.2) is 0 Å². The third-order valence-electron chi connectivity index (χ3n) is 7.31. The molecule has 2 atom stereocenters. The van der Waals surface area contributed by atoms with Crippen molar-refractivity contribution in [3.05, 3.63) is 11.6 Å². The number of allylic oxidation sites excluding steroid dienone is 2. The minimum Gasteiger partial charge on any atom is -0.297 e. The molecule has 0 bridgehead atoms. The Morgan fingerprint density at radius 1 is 1.00 bits per heavy atom. The molecule has 22 heavy (non-hydrogen) atoms. The summed E-state index contributed by atoms with van der Waals surface area (Å²) in [5.41, 5.74) is 2.46. The first-order chi connectivity index (χ1) is 10.9. The van der Waals surface area contributed by atoms with Crippen molar-refractivity contribution in [1.82, 2.24) is 4.90 Å². The predicted molar refractivity (Wildman–Crippen MR) is 94.0 cm³/mol. The van der Waals surface area contributed by atoms with Gasteiger partial charge < -0.3 is 0 Å². The quantitative estimate of drug-likeness (QED) is 0.569. The zero-order valence-electron chi connectivity index (χ0n) is 14.5. The molecule has 124 valence electrons. The summed E-state index contributed by atoms with van der Waals surface area (Å²) >= 11 is 0. The fraction of sp³-hybridized carbons (Fsp3) is 0.905. The first-order valence-corrected chi connectivity index (χ1v) is 10.3. The lowest BCUT2D eigenvalue weighted by Crippen LogP contribution is -2.46. The third-order valence-corrected chi connectivity index (χ3v) is 7.31. The van der Waals surface area contributed by atoms with Gasteiger partial charge in [0.2, 0.25) is 0 Å². The molecule has 3 aliphatic carbocycles. The molecule has 1 aliphatic heterocycles. The fourth-order valence-corrected chi connectivity index (χ4v) is 6.11. The highest BCUT2D eigenvalue weighted by molar-refractivity contribution is 5.16. The molecule has 1 heterocycles. The van der Waals surface area contributed by atoms with Crippen molar-refractivity contribution in [2.45, 2.75) is 95.4 Å². The molecular weight excluding hydrogens is 266 g/mol. The molecule has 4 rings (SSSR count). The second kappa shape index (κ2) is 6.67. The molecule has 1 nitrogen and oxygen atoms in total. The van der Waals surface area contributed by atoms with E-state index in [9.17, 15) is 0 Å². The van der Waals surface area contributed by atoms with Crippen molar-refractivity contribution >= 4 is 0 Å². The van der Waals surface area contributed by atoms with Crippen molar-refractivity contribution in [3.8, 4) is 0 Å². The Kier molecular flexibility index (Phi) is 4.62. The maximum absolute atomic E-state index is 2.98. The molecule has 0 spiro atoms. The van der Waals surface area contributed by atoms with Gasteiger partial charge in [-0.15, -0.1) is 0 Å². The van der Waals surface area contributed by atoms with Crippen LogP contribution in [0.2, 0.25) is 0 Å². The van der Waals surface area contributed by atoms with Gasteiger partial charge in [-0.05, 0) is 95.6 Å². The number of nitrogens with zero attached hydrogens (tertiary/aromatic N) is 1. The number of rotatable bonds is 6. The molecule has 4 aliphatic rings. The van der Waals surface area contributed by atoms with Crippen LogP contribution in [0.1, 0.15) is 89.9 Å². The zero-order valence-corrected chi connectivity index (χ0v) is 14.5. The highest BCUT2D eigenvalue weighted by Crippen LogP contribution is 2.60. The second-order valence-electron chi connectivity index (χ2n) is 8.57. The normalized spacial score (nSPS) is 36.7. The minimum atomic E-state index is 0.682. The number of hydrogen-bond donors (Lipinski definition) is 0. The van der Waals surface area contributed by atoms with E-state index in [-0.39, 0.29) is 0 Å². The minimum absolute atomic E-state index is 0.682. The average Bonchev–Trinajstić information content (AvgIpc) is 2.98. The molecule has 0 radical (unpaired) electrons. The zero-order chi connectivity index (χ0) is 14.8. The topological polar surface area (TPSA) is 3.24 Å². The van der Waals surface area contributed by atoms with E-state index in [0.717, 1.165) is 11.8 Å².